The van der Waals surface area contributed by atoms with Crippen LogP contribution >= 0.6 is 15.9 Å². The zero-order valence-corrected chi connectivity index (χ0v) is 12.7. The van der Waals surface area contributed by atoms with Gasteiger partial charge >= 0.3 is 0 Å². The number of nitrogens with two attached hydrogens (primary N) is 1. The molecule has 2 rings (SSSR count). The van der Waals surface area contributed by atoms with E-state index in [9.17, 15) is 4.79 Å². The first-order chi connectivity index (χ1) is 9.11. The molecule has 0 radical (unpaired) electrons. The molecule has 0 aliphatic carbocycles. The van der Waals surface area contributed by atoms with Crippen molar-refractivity contribution in [2.75, 3.05) is 25.4 Å². The Hall–Kier alpha value is -1.07. The second-order valence-electron chi connectivity index (χ2n) is 4.87. The van der Waals surface area contributed by atoms with Gasteiger partial charge in [0.2, 0.25) is 0 Å². The average Bonchev–Trinajstić information content (AvgIpc) is 2.86. The first-order valence-corrected chi connectivity index (χ1v) is 7.48. The van der Waals surface area contributed by atoms with Gasteiger partial charge in [0.15, 0.2) is 0 Å². The quantitative estimate of drug-likeness (QED) is 0.835. The van der Waals surface area contributed by atoms with E-state index in [1.54, 1.807) is 18.2 Å². The van der Waals surface area contributed by atoms with Crippen LogP contribution in [0.4, 0.5) is 5.69 Å². The van der Waals surface area contributed by atoms with E-state index in [4.69, 9.17) is 5.73 Å². The molecular weight excluding hydrogens is 306 g/mol. The van der Waals surface area contributed by atoms with Gasteiger partial charge in [-0.15, -0.1) is 0 Å². The van der Waals surface area contributed by atoms with Gasteiger partial charge in [-0.05, 0) is 60.1 Å². The number of nitrogen functional groups attached to an aromatic ring is 1. The smallest absolute Gasteiger partial charge is 0.251 e. The van der Waals surface area contributed by atoms with Crippen molar-refractivity contribution in [2.24, 2.45) is 0 Å². The van der Waals surface area contributed by atoms with Crippen LogP contribution in [0.1, 0.15) is 30.1 Å². The fraction of sp³-hybridized carbons (Fsp3) is 0.500. The summed E-state index contributed by atoms with van der Waals surface area (Å²) in [6, 6.07) is 5.73. The number of carbonyl (C=O) groups excluding carboxylic acids is 1. The van der Waals surface area contributed by atoms with E-state index in [2.05, 4.69) is 33.1 Å². The van der Waals surface area contributed by atoms with Gasteiger partial charge in [-0.25, -0.2) is 0 Å². The van der Waals surface area contributed by atoms with Crippen molar-refractivity contribution in [2.45, 2.75) is 25.8 Å². The predicted molar refractivity (Wildman–Crippen MR) is 81.2 cm³/mol. The van der Waals surface area contributed by atoms with Crippen molar-refractivity contribution in [1.29, 1.82) is 0 Å². The number of hydrogen-bond acceptors (Lipinski definition) is 3. The third-order valence-corrected chi connectivity index (χ3v) is 4.35. The minimum Gasteiger partial charge on any atom is -0.398 e. The van der Waals surface area contributed by atoms with Gasteiger partial charge < -0.3 is 11.1 Å². The lowest BCUT2D eigenvalue weighted by Crippen LogP contribution is -2.40. The minimum atomic E-state index is -0.0383. The van der Waals surface area contributed by atoms with E-state index in [0.29, 0.717) is 23.8 Å². The summed E-state index contributed by atoms with van der Waals surface area (Å²) in [6.07, 6.45) is 2.39. The number of anilines is 1. The van der Waals surface area contributed by atoms with Crippen molar-refractivity contribution in [3.8, 4) is 0 Å². The number of halogens is 1. The lowest BCUT2D eigenvalue weighted by molar-refractivity contribution is 0.0941. The standard InChI is InChI=1S/C14H20BrN3O/c1-2-18-7-3-4-11(18)9-17-14(19)10-5-6-13(16)12(15)8-10/h5-6,8,11H,2-4,7,9,16H2,1H3,(H,17,19). The maximum Gasteiger partial charge on any atom is 0.251 e. The fourth-order valence-corrected chi connectivity index (χ4v) is 2.90. The molecule has 19 heavy (non-hydrogen) atoms. The summed E-state index contributed by atoms with van der Waals surface area (Å²) >= 11 is 3.34. The van der Waals surface area contributed by atoms with Gasteiger partial charge in [0.05, 0.1) is 0 Å². The Morgan fingerprint density at radius 1 is 1.58 bits per heavy atom. The summed E-state index contributed by atoms with van der Waals surface area (Å²) in [7, 11) is 0. The lowest BCUT2D eigenvalue weighted by atomic mass is 10.1. The normalized spacial score (nSPS) is 19.6. The predicted octanol–water partition coefficient (Wildman–Crippen LogP) is 2.25. The number of carbonyl (C=O) groups is 1. The van der Waals surface area contributed by atoms with E-state index in [1.807, 2.05) is 0 Å². The highest BCUT2D eigenvalue weighted by atomic mass is 79.9. The molecule has 1 aromatic carbocycles. The number of nitrogens with one attached hydrogen (secondary N) is 1. The molecule has 0 saturated carbocycles. The molecule has 1 atom stereocenters. The molecule has 1 aliphatic heterocycles. The van der Waals surface area contributed by atoms with Gasteiger partial charge in [-0.2, -0.15) is 0 Å². The molecule has 1 amide bonds. The maximum absolute atomic E-state index is 12.1. The van der Waals surface area contributed by atoms with Gasteiger partial charge in [0.1, 0.15) is 0 Å². The minimum absolute atomic E-state index is 0.0383. The van der Waals surface area contributed by atoms with Gasteiger partial charge in [0.25, 0.3) is 5.91 Å². The molecule has 104 valence electrons. The maximum atomic E-state index is 12.1. The number of benzene rings is 1. The highest BCUT2D eigenvalue weighted by molar-refractivity contribution is 9.10. The van der Waals surface area contributed by atoms with Crippen LogP contribution in [0.5, 0.6) is 0 Å². The van der Waals surface area contributed by atoms with E-state index in [-0.39, 0.29) is 5.91 Å². The zero-order valence-electron chi connectivity index (χ0n) is 11.2. The van der Waals surface area contributed by atoms with Crippen LogP contribution < -0.4 is 11.1 Å². The zero-order chi connectivity index (χ0) is 13.8. The Morgan fingerprint density at radius 3 is 3.05 bits per heavy atom. The number of likely N-dealkylation sites (N-methyl/N-ethyl adjacent to an activating group) is 1. The average molecular weight is 326 g/mol. The summed E-state index contributed by atoms with van der Waals surface area (Å²) in [4.78, 5) is 14.5. The summed E-state index contributed by atoms with van der Waals surface area (Å²) < 4.78 is 0.760. The molecule has 1 saturated heterocycles. The van der Waals surface area contributed by atoms with Gasteiger partial charge in [0, 0.05) is 28.3 Å². The summed E-state index contributed by atoms with van der Waals surface area (Å²) in [5.74, 6) is -0.0383. The first-order valence-electron chi connectivity index (χ1n) is 6.69. The molecule has 1 heterocycles. The molecule has 5 heteroatoms. The van der Waals surface area contributed by atoms with Crippen LogP contribution in [0.15, 0.2) is 22.7 Å². The molecule has 0 aromatic heterocycles. The van der Waals surface area contributed by atoms with Crippen LogP contribution in [-0.4, -0.2) is 36.5 Å². The van der Waals surface area contributed by atoms with Crippen LogP contribution in [0.2, 0.25) is 0 Å². The molecule has 3 N–H and O–H groups in total. The Balaban J connectivity index is 1.92. The molecule has 1 fully saturated rings. The van der Waals surface area contributed by atoms with E-state index >= 15 is 0 Å². The van der Waals surface area contributed by atoms with Gasteiger partial charge in [-0.3, -0.25) is 9.69 Å². The van der Waals surface area contributed by atoms with E-state index in [0.717, 1.165) is 17.6 Å². The van der Waals surface area contributed by atoms with Crippen molar-refractivity contribution in [3.05, 3.63) is 28.2 Å². The lowest BCUT2D eigenvalue weighted by Gasteiger charge is -2.22. The molecule has 1 unspecified atom stereocenters. The highest BCUT2D eigenvalue weighted by Crippen LogP contribution is 2.20. The van der Waals surface area contributed by atoms with Crippen LogP contribution in [0.25, 0.3) is 0 Å². The van der Waals surface area contributed by atoms with Crippen molar-refractivity contribution >= 4 is 27.5 Å². The Morgan fingerprint density at radius 2 is 2.37 bits per heavy atom. The van der Waals surface area contributed by atoms with Crippen molar-refractivity contribution in [1.82, 2.24) is 10.2 Å². The SMILES string of the molecule is CCN1CCCC1CNC(=O)c1ccc(N)c(Br)c1. The molecule has 4 nitrogen and oxygen atoms in total. The first kappa shape index (κ1) is 14.3. The van der Waals surface area contributed by atoms with Gasteiger partial charge in [-0.1, -0.05) is 6.92 Å². The fourth-order valence-electron chi connectivity index (χ4n) is 2.52. The second-order valence-corrected chi connectivity index (χ2v) is 5.73. The molecular formula is C14H20BrN3O. The summed E-state index contributed by atoms with van der Waals surface area (Å²) in [6.45, 7) is 5.07. The van der Waals surface area contributed by atoms with E-state index < -0.39 is 0 Å². The highest BCUT2D eigenvalue weighted by Gasteiger charge is 2.23. The van der Waals surface area contributed by atoms with Crippen LogP contribution in [0, 0.1) is 0 Å². The molecule has 0 bridgehead atoms. The monoisotopic (exact) mass is 325 g/mol. The number of rotatable bonds is 4. The number of hydrogen-bond donors (Lipinski definition) is 2. The number of amides is 1. The third-order valence-electron chi connectivity index (χ3n) is 3.67. The Labute approximate surface area is 122 Å². The van der Waals surface area contributed by atoms with Crippen LogP contribution in [-0.2, 0) is 0 Å². The third kappa shape index (κ3) is 3.48. The second kappa shape index (κ2) is 6.39. The molecule has 0 spiro atoms. The molecule has 1 aromatic rings. The summed E-state index contributed by atoms with van der Waals surface area (Å²) in [5, 5.41) is 3.01. The Bertz CT molecular complexity index is 464. The topological polar surface area (TPSA) is 58.4 Å². The van der Waals surface area contributed by atoms with Crippen molar-refractivity contribution < 1.29 is 4.79 Å². The largest absolute Gasteiger partial charge is 0.398 e. The summed E-state index contributed by atoms with van der Waals surface area (Å²) in [5.41, 5.74) is 7.00. The van der Waals surface area contributed by atoms with E-state index in [1.165, 1.54) is 12.8 Å². The Kier molecular flexibility index (Phi) is 4.82. The number of likely N-dealkylation sites (tertiary alicyclic amines) is 1. The van der Waals surface area contributed by atoms with Crippen molar-refractivity contribution in [3.63, 3.8) is 0 Å². The van der Waals surface area contributed by atoms with Crippen LogP contribution in [0.3, 0.4) is 0 Å². The number of nitrogens with zero attached hydrogens (tertiary/aromatic N) is 1. The molecule has 1 aliphatic rings.